The molecule has 1 aromatic heterocycles. The Morgan fingerprint density at radius 2 is 1.27 bits per heavy atom. The van der Waals surface area contributed by atoms with Crippen molar-refractivity contribution in [3.63, 3.8) is 0 Å². The smallest absolute Gasteiger partial charge is 0.281 e. The van der Waals surface area contributed by atoms with Gasteiger partial charge in [-0.15, -0.1) is 0 Å². The molecule has 0 fully saturated rings. The SMILES string of the molecule is O=C(Nc1cccc(-c2nc3ccccc3[nH]2)c1)c1ccc2c(c1)C(=O)N(N1C(=O)c3ccccc3C1=O)C2=O. The van der Waals surface area contributed by atoms with Crippen LogP contribution in [0.5, 0.6) is 0 Å². The lowest BCUT2D eigenvalue weighted by Crippen LogP contribution is -2.49. The van der Waals surface area contributed by atoms with Gasteiger partial charge in [0.2, 0.25) is 0 Å². The van der Waals surface area contributed by atoms with Crippen molar-refractivity contribution in [1.29, 1.82) is 0 Å². The molecule has 2 aliphatic heterocycles. The summed E-state index contributed by atoms with van der Waals surface area (Å²) in [7, 11) is 0. The number of hydrazine groups is 1. The van der Waals surface area contributed by atoms with E-state index in [-0.39, 0.29) is 27.8 Å². The number of carbonyl (C=O) groups excluding carboxylic acids is 5. The van der Waals surface area contributed by atoms with E-state index in [1.165, 1.54) is 30.3 Å². The number of rotatable bonds is 4. The summed E-state index contributed by atoms with van der Waals surface area (Å²) < 4.78 is 0. The van der Waals surface area contributed by atoms with Crippen molar-refractivity contribution in [3.8, 4) is 11.4 Å². The molecule has 0 saturated carbocycles. The second kappa shape index (κ2) is 8.57. The highest BCUT2D eigenvalue weighted by Gasteiger charge is 2.48. The van der Waals surface area contributed by atoms with Crippen LogP contribution in [-0.4, -0.2) is 49.5 Å². The van der Waals surface area contributed by atoms with Gasteiger partial charge in [0.05, 0.1) is 33.3 Å². The van der Waals surface area contributed by atoms with Crippen molar-refractivity contribution in [2.45, 2.75) is 0 Å². The maximum absolute atomic E-state index is 13.3. The van der Waals surface area contributed by atoms with Crippen LogP contribution in [0.1, 0.15) is 51.8 Å². The summed E-state index contributed by atoms with van der Waals surface area (Å²) in [6.07, 6.45) is 0. The van der Waals surface area contributed by atoms with E-state index in [1.807, 2.05) is 30.3 Å². The van der Waals surface area contributed by atoms with E-state index in [1.54, 1.807) is 30.3 Å². The monoisotopic (exact) mass is 527 g/mol. The molecular weight excluding hydrogens is 510 g/mol. The van der Waals surface area contributed by atoms with Crippen LogP contribution in [0.2, 0.25) is 0 Å². The second-order valence-electron chi connectivity index (χ2n) is 9.29. The van der Waals surface area contributed by atoms with Crippen molar-refractivity contribution >= 4 is 46.3 Å². The minimum atomic E-state index is -0.865. The number of fused-ring (bicyclic) bond motifs is 3. The highest BCUT2D eigenvalue weighted by atomic mass is 16.2. The van der Waals surface area contributed by atoms with Crippen LogP contribution in [0.3, 0.4) is 0 Å². The number of carbonyl (C=O) groups is 5. The summed E-state index contributed by atoms with van der Waals surface area (Å²) in [6.45, 7) is 0. The Labute approximate surface area is 225 Å². The fourth-order valence-electron chi connectivity index (χ4n) is 4.95. The summed E-state index contributed by atoms with van der Waals surface area (Å²) >= 11 is 0. The molecule has 5 aromatic rings. The van der Waals surface area contributed by atoms with Gasteiger partial charge in [-0.05, 0) is 54.6 Å². The molecule has 10 nitrogen and oxygen atoms in total. The third kappa shape index (κ3) is 3.43. The number of hydrogen-bond donors (Lipinski definition) is 2. The van der Waals surface area contributed by atoms with Crippen LogP contribution in [-0.2, 0) is 0 Å². The van der Waals surface area contributed by atoms with Crippen LogP contribution in [0.25, 0.3) is 22.4 Å². The number of H-pyrrole nitrogens is 1. The molecule has 2 aliphatic rings. The number of imide groups is 2. The van der Waals surface area contributed by atoms with Gasteiger partial charge in [0.25, 0.3) is 29.5 Å². The lowest BCUT2D eigenvalue weighted by molar-refractivity contribution is 0.00845. The Balaban J connectivity index is 1.14. The van der Waals surface area contributed by atoms with Crippen molar-refractivity contribution in [3.05, 3.63) is 119 Å². The molecule has 0 saturated heterocycles. The molecule has 40 heavy (non-hydrogen) atoms. The highest BCUT2D eigenvalue weighted by Crippen LogP contribution is 2.31. The zero-order chi connectivity index (χ0) is 27.5. The van der Waals surface area contributed by atoms with Gasteiger partial charge < -0.3 is 10.3 Å². The van der Waals surface area contributed by atoms with Gasteiger partial charge >= 0.3 is 0 Å². The first-order valence-electron chi connectivity index (χ1n) is 12.3. The van der Waals surface area contributed by atoms with E-state index < -0.39 is 29.5 Å². The number of nitrogens with zero attached hydrogens (tertiary/aromatic N) is 3. The molecule has 7 rings (SSSR count). The van der Waals surface area contributed by atoms with Gasteiger partial charge in [-0.1, -0.05) is 36.4 Å². The minimum absolute atomic E-state index is 0.00927. The first kappa shape index (κ1) is 23.2. The van der Waals surface area contributed by atoms with Crippen molar-refractivity contribution in [1.82, 2.24) is 20.0 Å². The molecule has 192 valence electrons. The Kier molecular flexibility index (Phi) is 4.98. The van der Waals surface area contributed by atoms with Crippen LogP contribution in [0.4, 0.5) is 5.69 Å². The molecule has 0 bridgehead atoms. The number of nitrogens with one attached hydrogen (secondary N) is 2. The molecule has 5 amide bonds. The van der Waals surface area contributed by atoms with E-state index in [0.717, 1.165) is 16.6 Å². The zero-order valence-corrected chi connectivity index (χ0v) is 20.5. The minimum Gasteiger partial charge on any atom is -0.338 e. The van der Waals surface area contributed by atoms with E-state index in [0.29, 0.717) is 21.5 Å². The quantitative estimate of drug-likeness (QED) is 0.335. The number of imidazole rings is 1. The Hall–Kier alpha value is -5.90. The van der Waals surface area contributed by atoms with Crippen LogP contribution in [0, 0.1) is 0 Å². The largest absolute Gasteiger partial charge is 0.338 e. The fraction of sp³-hybridized carbons (Fsp3) is 0. The third-order valence-electron chi connectivity index (χ3n) is 6.88. The van der Waals surface area contributed by atoms with Crippen molar-refractivity contribution < 1.29 is 24.0 Å². The van der Waals surface area contributed by atoms with Gasteiger partial charge in [-0.3, -0.25) is 24.0 Å². The summed E-state index contributed by atoms with van der Waals surface area (Å²) in [6, 6.07) is 24.9. The van der Waals surface area contributed by atoms with Crippen LogP contribution < -0.4 is 5.32 Å². The molecule has 10 heteroatoms. The molecule has 2 N–H and O–H groups in total. The topological polar surface area (TPSA) is 133 Å². The first-order chi connectivity index (χ1) is 19.4. The molecular formula is C30H17N5O5. The molecule has 0 unspecified atom stereocenters. The second-order valence-corrected chi connectivity index (χ2v) is 9.29. The molecule has 0 spiro atoms. The van der Waals surface area contributed by atoms with E-state index in [2.05, 4.69) is 15.3 Å². The van der Waals surface area contributed by atoms with Crippen molar-refractivity contribution in [2.24, 2.45) is 0 Å². The Morgan fingerprint density at radius 1 is 0.650 bits per heavy atom. The molecule has 0 aliphatic carbocycles. The maximum atomic E-state index is 13.3. The van der Waals surface area contributed by atoms with E-state index >= 15 is 0 Å². The summed E-state index contributed by atoms with van der Waals surface area (Å²) in [5.41, 5.74) is 3.22. The summed E-state index contributed by atoms with van der Waals surface area (Å²) in [4.78, 5) is 73.1. The number of benzene rings is 4. The lowest BCUT2D eigenvalue weighted by Gasteiger charge is -2.23. The normalized spacial score (nSPS) is 14.2. The Morgan fingerprint density at radius 3 is 1.98 bits per heavy atom. The van der Waals surface area contributed by atoms with E-state index in [9.17, 15) is 24.0 Å². The Bertz CT molecular complexity index is 1890. The molecule has 4 aromatic carbocycles. The summed E-state index contributed by atoms with van der Waals surface area (Å²) in [5.74, 6) is -3.08. The predicted octanol–water partition coefficient (Wildman–Crippen LogP) is 4.29. The van der Waals surface area contributed by atoms with Crippen LogP contribution in [0.15, 0.2) is 91.0 Å². The summed E-state index contributed by atoms with van der Waals surface area (Å²) in [5, 5.41) is 3.89. The fourth-order valence-corrected chi connectivity index (χ4v) is 4.95. The maximum Gasteiger partial charge on any atom is 0.281 e. The number of para-hydroxylation sites is 2. The number of hydrogen-bond acceptors (Lipinski definition) is 6. The number of aromatic nitrogens is 2. The average Bonchev–Trinajstić information content (AvgIpc) is 3.60. The first-order valence-corrected chi connectivity index (χ1v) is 12.3. The number of anilines is 1. The molecule has 0 radical (unpaired) electrons. The predicted molar refractivity (Wildman–Crippen MR) is 143 cm³/mol. The third-order valence-corrected chi connectivity index (χ3v) is 6.88. The van der Waals surface area contributed by atoms with Crippen molar-refractivity contribution in [2.75, 3.05) is 5.32 Å². The molecule has 3 heterocycles. The standard InChI is InChI=1S/C30H17N5O5/c36-26(31-18-7-5-6-16(14-18)25-32-23-10-3-4-11-24(23)33-25)17-12-13-21-22(15-17)30(40)35(29(21)39)34-27(37)19-8-1-2-9-20(19)28(34)38/h1-15H,(H,31,36)(H,32,33). The average molecular weight is 527 g/mol. The lowest BCUT2D eigenvalue weighted by atomic mass is 10.1. The number of aromatic amines is 1. The zero-order valence-electron chi connectivity index (χ0n) is 20.5. The number of amides is 5. The van der Waals surface area contributed by atoms with Gasteiger partial charge in [0, 0.05) is 16.8 Å². The van der Waals surface area contributed by atoms with Crippen LogP contribution >= 0.6 is 0 Å². The van der Waals surface area contributed by atoms with Gasteiger partial charge in [0.1, 0.15) is 5.82 Å². The highest BCUT2D eigenvalue weighted by molar-refractivity contribution is 6.28. The van der Waals surface area contributed by atoms with Gasteiger partial charge in [-0.2, -0.15) is 10.0 Å². The van der Waals surface area contributed by atoms with Gasteiger partial charge in [-0.25, -0.2) is 4.98 Å². The molecule has 0 atom stereocenters. The van der Waals surface area contributed by atoms with Gasteiger partial charge in [0.15, 0.2) is 0 Å². The van der Waals surface area contributed by atoms with E-state index in [4.69, 9.17) is 0 Å².